The number of benzene rings is 2. The molecule has 0 N–H and O–H groups in total. The highest BCUT2D eigenvalue weighted by Crippen LogP contribution is 2.27. The van der Waals surface area contributed by atoms with Gasteiger partial charge in [0.1, 0.15) is 4.60 Å². The van der Waals surface area contributed by atoms with Gasteiger partial charge in [-0.05, 0) is 52.7 Å². The van der Waals surface area contributed by atoms with E-state index >= 15 is 0 Å². The largest absolute Gasteiger partial charge is 0.353 e. The number of rotatable bonds is 11. The van der Waals surface area contributed by atoms with Gasteiger partial charge in [-0.1, -0.05) is 60.7 Å². The molecule has 4 rings (SSSR count). The van der Waals surface area contributed by atoms with Gasteiger partial charge in [-0.15, -0.1) is 0 Å². The Morgan fingerprint density at radius 3 is 2.26 bits per heavy atom. The fourth-order valence-electron chi connectivity index (χ4n) is 3.89. The Morgan fingerprint density at radius 2 is 1.68 bits per heavy atom. The Bertz CT molecular complexity index is 1090. The molecule has 1 saturated heterocycles. The van der Waals surface area contributed by atoms with Gasteiger partial charge >= 0.3 is 0 Å². The molecule has 0 aliphatic carbocycles. The lowest BCUT2D eigenvalue weighted by Crippen LogP contribution is -2.31. The molecule has 1 aliphatic heterocycles. The molecule has 3 aromatic rings. The summed E-state index contributed by atoms with van der Waals surface area (Å²) in [6, 6.07) is 19.2. The molecular formula is C25H30BrN3O4S. The van der Waals surface area contributed by atoms with Crippen LogP contribution in [0.1, 0.15) is 36.8 Å². The lowest BCUT2D eigenvalue weighted by Gasteiger charge is -2.22. The molecule has 9 heteroatoms. The Hall–Kier alpha value is -2.04. The zero-order chi connectivity index (χ0) is 23.8. The Morgan fingerprint density at radius 1 is 1.03 bits per heavy atom. The topological polar surface area (TPSA) is 73.7 Å². The quantitative estimate of drug-likeness (QED) is 0.317. The summed E-state index contributed by atoms with van der Waals surface area (Å²) < 4.78 is 42.5. The summed E-state index contributed by atoms with van der Waals surface area (Å²) in [4.78, 5) is 4.28. The first-order chi connectivity index (χ1) is 16.5. The van der Waals surface area contributed by atoms with Gasteiger partial charge in [0.05, 0.1) is 12.9 Å². The van der Waals surface area contributed by atoms with Crippen LogP contribution in [-0.2, 0) is 39.1 Å². The summed E-state index contributed by atoms with van der Waals surface area (Å²) in [5.41, 5.74) is 1.83. The predicted molar refractivity (Wildman–Crippen MR) is 133 cm³/mol. The van der Waals surface area contributed by atoms with Crippen LogP contribution in [0.15, 0.2) is 76.6 Å². The van der Waals surface area contributed by atoms with E-state index in [-0.39, 0.29) is 24.4 Å². The van der Waals surface area contributed by atoms with Crippen molar-refractivity contribution in [2.75, 3.05) is 13.2 Å². The van der Waals surface area contributed by atoms with E-state index in [4.69, 9.17) is 9.47 Å². The molecule has 1 unspecified atom stereocenters. The predicted octanol–water partition coefficient (Wildman–Crippen LogP) is 4.97. The first kappa shape index (κ1) is 25.1. The van der Waals surface area contributed by atoms with Gasteiger partial charge in [-0.25, -0.2) is 13.4 Å². The van der Waals surface area contributed by atoms with Crippen molar-refractivity contribution >= 4 is 26.0 Å². The molecule has 182 valence electrons. The number of hydrogen-bond donors (Lipinski definition) is 0. The minimum atomic E-state index is -3.85. The molecule has 34 heavy (non-hydrogen) atoms. The molecule has 2 heterocycles. The lowest BCUT2D eigenvalue weighted by molar-refractivity contribution is -0.163. The van der Waals surface area contributed by atoms with Crippen LogP contribution < -0.4 is 0 Å². The van der Waals surface area contributed by atoms with Crippen molar-refractivity contribution in [1.82, 2.24) is 13.9 Å². The third-order valence-electron chi connectivity index (χ3n) is 5.72. The summed E-state index contributed by atoms with van der Waals surface area (Å²) in [7, 11) is -3.85. The number of aromatic nitrogens is 2. The molecule has 2 aromatic carbocycles. The fourth-order valence-corrected chi connectivity index (χ4v) is 6.27. The molecule has 0 bridgehead atoms. The standard InChI is InChI=1S/C25H30BrN3O4S/c26-24-25(27-20-28(24)15-9-17-33-23-14-7-8-16-32-23)34(30,31)29(18-21-10-3-1-4-11-21)19-22-12-5-2-6-13-22/h1-6,10-13,20,23H,7-9,14-19H2. The van der Waals surface area contributed by atoms with Gasteiger partial charge in [0.2, 0.25) is 5.03 Å². The number of ether oxygens (including phenoxy) is 2. The second-order valence-electron chi connectivity index (χ2n) is 8.30. The van der Waals surface area contributed by atoms with E-state index < -0.39 is 10.0 Å². The SMILES string of the molecule is O=S(=O)(c1ncn(CCCOC2CCCCO2)c1Br)N(Cc1ccccc1)Cc1ccccc1. The van der Waals surface area contributed by atoms with Crippen molar-refractivity contribution in [1.29, 1.82) is 0 Å². The highest BCUT2D eigenvalue weighted by Gasteiger charge is 2.30. The molecule has 1 fully saturated rings. The van der Waals surface area contributed by atoms with Crippen LogP contribution >= 0.6 is 15.9 Å². The number of aryl methyl sites for hydroxylation is 1. The first-order valence-corrected chi connectivity index (χ1v) is 13.8. The molecule has 0 spiro atoms. The summed E-state index contributed by atoms with van der Waals surface area (Å²) in [5, 5.41) is 0.0240. The molecule has 0 amide bonds. The van der Waals surface area contributed by atoms with E-state index in [1.54, 1.807) is 10.9 Å². The minimum Gasteiger partial charge on any atom is -0.353 e. The fraction of sp³-hybridized carbons (Fsp3) is 0.400. The van der Waals surface area contributed by atoms with E-state index in [9.17, 15) is 8.42 Å². The second-order valence-corrected chi connectivity index (χ2v) is 10.9. The van der Waals surface area contributed by atoms with Crippen LogP contribution in [0.2, 0.25) is 0 Å². The maximum Gasteiger partial charge on any atom is 0.263 e. The number of hydrogen-bond acceptors (Lipinski definition) is 5. The minimum absolute atomic E-state index is 0.0240. The average molecular weight is 549 g/mol. The molecule has 1 aromatic heterocycles. The van der Waals surface area contributed by atoms with Gasteiger partial charge in [-0.3, -0.25) is 0 Å². The molecular weight excluding hydrogens is 518 g/mol. The Kier molecular flexibility index (Phi) is 8.91. The smallest absolute Gasteiger partial charge is 0.263 e. The van der Waals surface area contributed by atoms with Crippen LogP contribution in [0.3, 0.4) is 0 Å². The summed E-state index contributed by atoms with van der Waals surface area (Å²) in [6.07, 6.45) is 5.31. The van der Waals surface area contributed by atoms with Crippen molar-refractivity contribution in [3.8, 4) is 0 Å². The number of halogens is 1. The highest BCUT2D eigenvalue weighted by molar-refractivity contribution is 9.10. The van der Waals surface area contributed by atoms with E-state index in [1.165, 1.54) is 4.31 Å². The van der Waals surface area contributed by atoms with E-state index in [0.29, 0.717) is 17.8 Å². The summed E-state index contributed by atoms with van der Waals surface area (Å²) >= 11 is 3.48. The van der Waals surface area contributed by atoms with Gasteiger partial charge in [0.15, 0.2) is 6.29 Å². The van der Waals surface area contributed by atoms with Crippen molar-refractivity contribution in [3.63, 3.8) is 0 Å². The molecule has 0 saturated carbocycles. The maximum absolute atomic E-state index is 13.7. The molecule has 1 aliphatic rings. The van der Waals surface area contributed by atoms with Crippen molar-refractivity contribution in [2.24, 2.45) is 0 Å². The van der Waals surface area contributed by atoms with Gasteiger partial charge in [0.25, 0.3) is 10.0 Å². The van der Waals surface area contributed by atoms with E-state index in [2.05, 4.69) is 20.9 Å². The van der Waals surface area contributed by atoms with E-state index in [1.807, 2.05) is 60.7 Å². The zero-order valence-electron chi connectivity index (χ0n) is 19.1. The first-order valence-electron chi connectivity index (χ1n) is 11.6. The lowest BCUT2D eigenvalue weighted by atomic mass is 10.2. The van der Waals surface area contributed by atoms with Crippen LogP contribution in [0.4, 0.5) is 0 Å². The Labute approximate surface area is 209 Å². The monoisotopic (exact) mass is 547 g/mol. The third-order valence-corrected chi connectivity index (χ3v) is 8.53. The van der Waals surface area contributed by atoms with E-state index in [0.717, 1.165) is 43.4 Å². The summed E-state index contributed by atoms with van der Waals surface area (Å²) in [6.45, 7) is 2.40. The normalized spacial score (nSPS) is 16.7. The zero-order valence-corrected chi connectivity index (χ0v) is 21.5. The van der Waals surface area contributed by atoms with Crippen molar-refractivity contribution in [3.05, 3.63) is 82.7 Å². The van der Waals surface area contributed by atoms with Gasteiger partial charge < -0.3 is 14.0 Å². The van der Waals surface area contributed by atoms with Crippen LogP contribution in [-0.4, -0.2) is 41.8 Å². The van der Waals surface area contributed by atoms with Gasteiger partial charge in [0, 0.05) is 26.2 Å². The number of imidazole rings is 1. The van der Waals surface area contributed by atoms with Crippen molar-refractivity contribution in [2.45, 2.75) is 56.6 Å². The van der Waals surface area contributed by atoms with Gasteiger partial charge in [-0.2, -0.15) is 4.31 Å². The Balaban J connectivity index is 1.46. The van der Waals surface area contributed by atoms with Crippen molar-refractivity contribution < 1.29 is 17.9 Å². The number of sulfonamides is 1. The third kappa shape index (κ3) is 6.55. The molecule has 1 atom stereocenters. The average Bonchev–Trinajstić information content (AvgIpc) is 3.24. The van der Waals surface area contributed by atoms with Crippen LogP contribution in [0.25, 0.3) is 0 Å². The summed E-state index contributed by atoms with van der Waals surface area (Å²) in [5.74, 6) is 0. The van der Waals surface area contributed by atoms with Crippen LogP contribution in [0.5, 0.6) is 0 Å². The van der Waals surface area contributed by atoms with Crippen LogP contribution in [0, 0.1) is 0 Å². The molecule has 0 radical (unpaired) electrons. The number of nitrogens with zero attached hydrogens (tertiary/aromatic N) is 3. The molecule has 7 nitrogen and oxygen atoms in total. The maximum atomic E-state index is 13.7. The second kappa shape index (κ2) is 12.1. The highest BCUT2D eigenvalue weighted by atomic mass is 79.9.